The van der Waals surface area contributed by atoms with Crippen LogP contribution in [0.15, 0.2) is 4.99 Å². The lowest BCUT2D eigenvalue weighted by atomic mass is 10.1. The van der Waals surface area contributed by atoms with Gasteiger partial charge in [-0.2, -0.15) is 0 Å². The maximum atomic E-state index is 4.69. The minimum atomic E-state index is 0.584. The van der Waals surface area contributed by atoms with E-state index in [1.165, 1.54) is 25.5 Å². The summed E-state index contributed by atoms with van der Waals surface area (Å²) in [6.07, 6.45) is 0. The topological polar surface area (TPSA) is 18.8 Å². The number of amidine groups is 1. The molecule has 0 aromatic rings. The summed E-state index contributed by atoms with van der Waals surface area (Å²) in [6, 6.07) is 1.33. The minimum absolute atomic E-state index is 0.584. The van der Waals surface area contributed by atoms with Gasteiger partial charge in [0.1, 0.15) is 5.84 Å². The first-order valence-corrected chi connectivity index (χ1v) is 6.14. The molecule has 2 heterocycles. The molecular formula is C12H23N3. The Hall–Kier alpha value is -0.570. The second kappa shape index (κ2) is 4.12. The molecule has 1 fully saturated rings. The van der Waals surface area contributed by atoms with Crippen molar-refractivity contribution in [3.05, 3.63) is 0 Å². The summed E-state index contributed by atoms with van der Waals surface area (Å²) in [5.74, 6) is 1.92. The predicted octanol–water partition coefficient (Wildman–Crippen LogP) is 1.45. The molecule has 2 aliphatic rings. The molecule has 0 aliphatic carbocycles. The van der Waals surface area contributed by atoms with Crippen LogP contribution in [0.1, 0.15) is 27.7 Å². The van der Waals surface area contributed by atoms with Crippen LogP contribution < -0.4 is 0 Å². The van der Waals surface area contributed by atoms with Crippen LogP contribution in [0.5, 0.6) is 0 Å². The van der Waals surface area contributed by atoms with E-state index in [0.29, 0.717) is 18.0 Å². The van der Waals surface area contributed by atoms with Gasteiger partial charge in [-0.05, 0) is 13.8 Å². The number of aliphatic imine (C=N–C) groups is 1. The fourth-order valence-electron chi connectivity index (χ4n) is 2.61. The maximum absolute atomic E-state index is 4.69. The van der Waals surface area contributed by atoms with Crippen molar-refractivity contribution in [1.29, 1.82) is 0 Å². The molecule has 1 atom stereocenters. The molecule has 0 bridgehead atoms. The predicted molar refractivity (Wildman–Crippen MR) is 64.3 cm³/mol. The van der Waals surface area contributed by atoms with Gasteiger partial charge in [-0.15, -0.1) is 0 Å². The van der Waals surface area contributed by atoms with Crippen LogP contribution in [-0.4, -0.2) is 53.9 Å². The Morgan fingerprint density at radius 1 is 1.20 bits per heavy atom. The average Bonchev–Trinajstić information content (AvgIpc) is 2.59. The molecular weight excluding hydrogens is 186 g/mol. The van der Waals surface area contributed by atoms with E-state index >= 15 is 0 Å². The molecule has 3 nitrogen and oxygen atoms in total. The number of nitrogens with zero attached hydrogens (tertiary/aromatic N) is 3. The van der Waals surface area contributed by atoms with Crippen LogP contribution in [-0.2, 0) is 0 Å². The fraction of sp³-hybridized carbons (Fsp3) is 0.917. The van der Waals surface area contributed by atoms with E-state index in [0.717, 1.165) is 6.54 Å². The third kappa shape index (κ3) is 2.03. The van der Waals surface area contributed by atoms with Crippen molar-refractivity contribution >= 4 is 5.84 Å². The molecule has 15 heavy (non-hydrogen) atoms. The maximum Gasteiger partial charge on any atom is 0.102 e. The van der Waals surface area contributed by atoms with Crippen LogP contribution in [0.4, 0.5) is 0 Å². The van der Waals surface area contributed by atoms with Crippen molar-refractivity contribution in [2.24, 2.45) is 10.9 Å². The van der Waals surface area contributed by atoms with Gasteiger partial charge >= 0.3 is 0 Å². The second-order valence-electron chi connectivity index (χ2n) is 5.29. The molecule has 0 spiro atoms. The Labute approximate surface area is 93.2 Å². The molecule has 0 radical (unpaired) electrons. The van der Waals surface area contributed by atoms with Crippen molar-refractivity contribution in [3.8, 4) is 0 Å². The summed E-state index contributed by atoms with van der Waals surface area (Å²) in [7, 11) is 0. The molecule has 2 aliphatic heterocycles. The van der Waals surface area contributed by atoms with Gasteiger partial charge in [0.25, 0.3) is 0 Å². The third-order valence-corrected chi connectivity index (χ3v) is 3.52. The SMILES string of the molecule is CC(C)C1=NCC2CN(C(C)C)CCN12. The van der Waals surface area contributed by atoms with E-state index in [4.69, 9.17) is 0 Å². The van der Waals surface area contributed by atoms with Crippen molar-refractivity contribution in [1.82, 2.24) is 9.80 Å². The van der Waals surface area contributed by atoms with Crippen molar-refractivity contribution in [3.63, 3.8) is 0 Å². The first-order chi connectivity index (χ1) is 7.09. The highest BCUT2D eigenvalue weighted by Crippen LogP contribution is 2.21. The van der Waals surface area contributed by atoms with Gasteiger partial charge in [0.05, 0.1) is 12.6 Å². The molecule has 2 rings (SSSR count). The summed E-state index contributed by atoms with van der Waals surface area (Å²) >= 11 is 0. The molecule has 0 saturated carbocycles. The van der Waals surface area contributed by atoms with Crippen LogP contribution >= 0.6 is 0 Å². The van der Waals surface area contributed by atoms with Gasteiger partial charge < -0.3 is 4.90 Å². The van der Waals surface area contributed by atoms with Crippen LogP contribution in [0, 0.1) is 5.92 Å². The zero-order valence-electron chi connectivity index (χ0n) is 10.4. The summed E-state index contributed by atoms with van der Waals surface area (Å²) in [5.41, 5.74) is 0. The van der Waals surface area contributed by atoms with Gasteiger partial charge in [-0.25, -0.2) is 0 Å². The molecule has 0 aromatic carbocycles. The molecule has 3 heteroatoms. The first-order valence-electron chi connectivity index (χ1n) is 6.14. The van der Waals surface area contributed by atoms with E-state index in [-0.39, 0.29) is 0 Å². The van der Waals surface area contributed by atoms with Gasteiger partial charge in [-0.1, -0.05) is 13.8 Å². The van der Waals surface area contributed by atoms with Gasteiger partial charge in [0, 0.05) is 31.6 Å². The Morgan fingerprint density at radius 2 is 1.93 bits per heavy atom. The number of rotatable bonds is 2. The van der Waals surface area contributed by atoms with E-state index in [1.54, 1.807) is 0 Å². The standard InChI is InChI=1S/C12H23N3/c1-9(2)12-13-7-11-8-14(10(3)4)5-6-15(11)12/h9-11H,5-8H2,1-4H3. The lowest BCUT2D eigenvalue weighted by molar-refractivity contribution is 0.111. The largest absolute Gasteiger partial charge is 0.353 e. The molecule has 1 saturated heterocycles. The number of hydrogen-bond donors (Lipinski definition) is 0. The Morgan fingerprint density at radius 3 is 2.53 bits per heavy atom. The zero-order chi connectivity index (χ0) is 11.0. The Kier molecular flexibility index (Phi) is 3.01. The van der Waals surface area contributed by atoms with Crippen LogP contribution in [0.2, 0.25) is 0 Å². The summed E-state index contributed by atoms with van der Waals surface area (Å²) in [5, 5.41) is 0. The normalized spacial score (nSPS) is 27.5. The monoisotopic (exact) mass is 209 g/mol. The summed E-state index contributed by atoms with van der Waals surface area (Å²) < 4.78 is 0. The second-order valence-corrected chi connectivity index (χ2v) is 5.29. The van der Waals surface area contributed by atoms with Crippen molar-refractivity contribution < 1.29 is 0 Å². The first kappa shape index (κ1) is 10.9. The summed E-state index contributed by atoms with van der Waals surface area (Å²) in [6.45, 7) is 13.6. The highest BCUT2D eigenvalue weighted by Gasteiger charge is 2.34. The van der Waals surface area contributed by atoms with Crippen LogP contribution in [0.25, 0.3) is 0 Å². The quantitative estimate of drug-likeness (QED) is 0.685. The van der Waals surface area contributed by atoms with Gasteiger partial charge in [0.2, 0.25) is 0 Å². The third-order valence-electron chi connectivity index (χ3n) is 3.52. The number of hydrogen-bond acceptors (Lipinski definition) is 3. The molecule has 86 valence electrons. The van der Waals surface area contributed by atoms with Crippen molar-refractivity contribution in [2.75, 3.05) is 26.2 Å². The molecule has 0 N–H and O–H groups in total. The van der Waals surface area contributed by atoms with Crippen LogP contribution in [0.3, 0.4) is 0 Å². The van der Waals surface area contributed by atoms with E-state index in [1.807, 2.05) is 0 Å². The molecule has 1 unspecified atom stereocenters. The fourth-order valence-corrected chi connectivity index (χ4v) is 2.61. The van der Waals surface area contributed by atoms with E-state index in [2.05, 4.69) is 42.5 Å². The van der Waals surface area contributed by atoms with E-state index < -0.39 is 0 Å². The lowest BCUT2D eigenvalue weighted by Gasteiger charge is -2.41. The van der Waals surface area contributed by atoms with Gasteiger partial charge in [-0.3, -0.25) is 9.89 Å². The minimum Gasteiger partial charge on any atom is -0.353 e. The highest BCUT2D eigenvalue weighted by molar-refractivity contribution is 5.86. The average molecular weight is 209 g/mol. The zero-order valence-corrected chi connectivity index (χ0v) is 10.4. The van der Waals surface area contributed by atoms with Crippen molar-refractivity contribution in [2.45, 2.75) is 39.8 Å². The highest BCUT2D eigenvalue weighted by atomic mass is 15.4. The number of fused-ring (bicyclic) bond motifs is 1. The molecule has 0 amide bonds. The Bertz CT molecular complexity index is 258. The summed E-state index contributed by atoms with van der Waals surface area (Å²) in [4.78, 5) is 9.79. The molecule has 0 aromatic heterocycles. The lowest BCUT2D eigenvalue weighted by Crippen LogP contribution is -2.55. The van der Waals surface area contributed by atoms with Gasteiger partial charge in [0.15, 0.2) is 0 Å². The Balaban J connectivity index is 2.00. The number of piperazine rings is 1. The smallest absolute Gasteiger partial charge is 0.102 e. The van der Waals surface area contributed by atoms with E-state index in [9.17, 15) is 0 Å².